The summed E-state index contributed by atoms with van der Waals surface area (Å²) in [5, 5.41) is 0. The molecule has 3 nitrogen and oxygen atoms in total. The molecule has 0 spiro atoms. The Balaban J connectivity index is 3.80. The van der Waals surface area contributed by atoms with E-state index in [9.17, 15) is 4.79 Å². The summed E-state index contributed by atoms with van der Waals surface area (Å²) in [6.07, 6.45) is 2.70. The summed E-state index contributed by atoms with van der Waals surface area (Å²) in [6, 6.07) is 0. The van der Waals surface area contributed by atoms with Gasteiger partial charge in [-0.1, -0.05) is 20.8 Å². The summed E-state index contributed by atoms with van der Waals surface area (Å²) >= 11 is 0. The standard InChI is InChI=1S/C10H21NO2/c1-4-7-11(8-5-2)10(12)13-9-6-3/h4-9H2,1-3H3. The SMILES string of the molecule is CCCOC(=O)N(CCC)CCC. The fourth-order valence-corrected chi connectivity index (χ4v) is 1.11. The highest BCUT2D eigenvalue weighted by molar-refractivity contribution is 5.67. The first-order valence-electron chi connectivity index (χ1n) is 5.17. The molecule has 13 heavy (non-hydrogen) atoms. The third-order valence-corrected chi connectivity index (χ3v) is 1.67. The Labute approximate surface area is 81.1 Å². The van der Waals surface area contributed by atoms with Crippen molar-refractivity contribution in [2.24, 2.45) is 0 Å². The molecule has 0 saturated heterocycles. The molecule has 78 valence electrons. The Hall–Kier alpha value is -0.730. The predicted octanol–water partition coefficient (Wildman–Crippen LogP) is 2.66. The normalized spacial score (nSPS) is 9.77. The molecule has 0 heterocycles. The number of carbonyl (C=O) groups excluding carboxylic acids is 1. The third-order valence-electron chi connectivity index (χ3n) is 1.67. The van der Waals surface area contributed by atoms with Crippen molar-refractivity contribution >= 4 is 6.09 Å². The minimum atomic E-state index is -0.162. The molecule has 0 aliphatic heterocycles. The van der Waals surface area contributed by atoms with Gasteiger partial charge in [-0.2, -0.15) is 0 Å². The van der Waals surface area contributed by atoms with E-state index in [2.05, 4.69) is 13.8 Å². The summed E-state index contributed by atoms with van der Waals surface area (Å²) in [5.74, 6) is 0. The topological polar surface area (TPSA) is 29.5 Å². The van der Waals surface area contributed by atoms with E-state index in [1.165, 1.54) is 0 Å². The first-order chi connectivity index (χ1) is 6.26. The van der Waals surface area contributed by atoms with Crippen molar-refractivity contribution in [2.45, 2.75) is 40.0 Å². The van der Waals surface area contributed by atoms with Crippen LogP contribution in [-0.2, 0) is 4.74 Å². The van der Waals surface area contributed by atoms with E-state index in [0.717, 1.165) is 32.4 Å². The van der Waals surface area contributed by atoms with Crippen LogP contribution < -0.4 is 0 Å². The number of ether oxygens (including phenoxy) is 1. The Kier molecular flexibility index (Phi) is 7.45. The Morgan fingerprint density at radius 1 is 1.08 bits per heavy atom. The van der Waals surface area contributed by atoms with Gasteiger partial charge in [0.2, 0.25) is 0 Å². The highest BCUT2D eigenvalue weighted by atomic mass is 16.6. The number of hydrogen-bond acceptors (Lipinski definition) is 2. The molecule has 0 radical (unpaired) electrons. The average molecular weight is 187 g/mol. The summed E-state index contributed by atoms with van der Waals surface area (Å²) < 4.78 is 5.05. The molecule has 0 aliphatic carbocycles. The molecule has 3 heteroatoms. The molecule has 0 N–H and O–H groups in total. The van der Waals surface area contributed by atoms with Gasteiger partial charge in [0.1, 0.15) is 0 Å². The minimum Gasteiger partial charge on any atom is -0.449 e. The number of carbonyl (C=O) groups is 1. The smallest absolute Gasteiger partial charge is 0.409 e. The molecule has 0 rings (SSSR count). The van der Waals surface area contributed by atoms with Crippen LogP contribution in [0.2, 0.25) is 0 Å². The van der Waals surface area contributed by atoms with E-state index in [1.54, 1.807) is 4.90 Å². The molecule has 0 atom stereocenters. The molecule has 0 saturated carbocycles. The maximum Gasteiger partial charge on any atom is 0.409 e. The molecule has 0 aromatic heterocycles. The maximum absolute atomic E-state index is 11.4. The van der Waals surface area contributed by atoms with Gasteiger partial charge < -0.3 is 9.64 Å². The zero-order chi connectivity index (χ0) is 10.1. The van der Waals surface area contributed by atoms with Crippen molar-refractivity contribution < 1.29 is 9.53 Å². The average Bonchev–Trinajstić information content (AvgIpc) is 2.14. The molecular formula is C10H21NO2. The van der Waals surface area contributed by atoms with Crippen LogP contribution in [0.5, 0.6) is 0 Å². The third kappa shape index (κ3) is 5.50. The lowest BCUT2D eigenvalue weighted by molar-refractivity contribution is 0.102. The number of hydrogen-bond donors (Lipinski definition) is 0. The molecule has 0 fully saturated rings. The Morgan fingerprint density at radius 3 is 2.00 bits per heavy atom. The van der Waals surface area contributed by atoms with Crippen LogP contribution in [0.15, 0.2) is 0 Å². The van der Waals surface area contributed by atoms with Gasteiger partial charge in [0, 0.05) is 13.1 Å². The molecule has 1 amide bonds. The minimum absolute atomic E-state index is 0.162. The summed E-state index contributed by atoms with van der Waals surface area (Å²) in [4.78, 5) is 13.2. The molecule has 0 aromatic rings. The highest BCUT2D eigenvalue weighted by Gasteiger charge is 2.11. The quantitative estimate of drug-likeness (QED) is 0.639. The predicted molar refractivity (Wildman–Crippen MR) is 53.8 cm³/mol. The second-order valence-electron chi connectivity index (χ2n) is 3.10. The van der Waals surface area contributed by atoms with Crippen molar-refractivity contribution in [1.29, 1.82) is 0 Å². The fourth-order valence-electron chi connectivity index (χ4n) is 1.11. The second-order valence-corrected chi connectivity index (χ2v) is 3.10. The molecule has 0 unspecified atom stereocenters. The first kappa shape index (κ1) is 12.3. The fraction of sp³-hybridized carbons (Fsp3) is 0.900. The second kappa shape index (κ2) is 7.90. The van der Waals surface area contributed by atoms with Gasteiger partial charge in [-0.3, -0.25) is 0 Å². The van der Waals surface area contributed by atoms with Gasteiger partial charge in [-0.05, 0) is 19.3 Å². The van der Waals surface area contributed by atoms with E-state index >= 15 is 0 Å². The van der Waals surface area contributed by atoms with Crippen molar-refractivity contribution in [3.05, 3.63) is 0 Å². The number of rotatable bonds is 6. The van der Waals surface area contributed by atoms with Crippen molar-refractivity contribution in [3.63, 3.8) is 0 Å². The zero-order valence-corrected chi connectivity index (χ0v) is 9.01. The molecule has 0 bridgehead atoms. The maximum atomic E-state index is 11.4. The van der Waals surface area contributed by atoms with Crippen LogP contribution >= 0.6 is 0 Å². The Morgan fingerprint density at radius 2 is 1.62 bits per heavy atom. The first-order valence-corrected chi connectivity index (χ1v) is 5.17. The lowest BCUT2D eigenvalue weighted by Gasteiger charge is -2.20. The Bertz CT molecular complexity index is 131. The lowest BCUT2D eigenvalue weighted by Crippen LogP contribution is -2.33. The van der Waals surface area contributed by atoms with E-state index < -0.39 is 0 Å². The van der Waals surface area contributed by atoms with Gasteiger partial charge in [-0.25, -0.2) is 4.79 Å². The van der Waals surface area contributed by atoms with Gasteiger partial charge in [0.15, 0.2) is 0 Å². The molecule has 0 aromatic carbocycles. The summed E-state index contributed by atoms with van der Waals surface area (Å²) in [7, 11) is 0. The number of amides is 1. The van der Waals surface area contributed by atoms with E-state index in [-0.39, 0.29) is 6.09 Å². The van der Waals surface area contributed by atoms with Crippen molar-refractivity contribution in [1.82, 2.24) is 4.90 Å². The van der Waals surface area contributed by atoms with Crippen molar-refractivity contribution in [3.8, 4) is 0 Å². The summed E-state index contributed by atoms with van der Waals surface area (Å²) in [5.41, 5.74) is 0. The van der Waals surface area contributed by atoms with E-state index in [4.69, 9.17) is 4.74 Å². The van der Waals surface area contributed by atoms with Crippen LogP contribution in [0.25, 0.3) is 0 Å². The highest BCUT2D eigenvalue weighted by Crippen LogP contribution is 1.98. The number of nitrogens with zero attached hydrogens (tertiary/aromatic N) is 1. The van der Waals surface area contributed by atoms with Gasteiger partial charge in [0.05, 0.1) is 6.61 Å². The largest absolute Gasteiger partial charge is 0.449 e. The van der Waals surface area contributed by atoms with Crippen LogP contribution in [0.4, 0.5) is 4.79 Å². The zero-order valence-electron chi connectivity index (χ0n) is 9.01. The molecule has 0 aliphatic rings. The molecular weight excluding hydrogens is 166 g/mol. The lowest BCUT2D eigenvalue weighted by atomic mass is 10.4. The van der Waals surface area contributed by atoms with Crippen molar-refractivity contribution in [2.75, 3.05) is 19.7 Å². The van der Waals surface area contributed by atoms with Crippen LogP contribution in [0, 0.1) is 0 Å². The monoisotopic (exact) mass is 187 g/mol. The van der Waals surface area contributed by atoms with E-state index in [1.807, 2.05) is 6.92 Å². The van der Waals surface area contributed by atoms with Crippen LogP contribution in [-0.4, -0.2) is 30.7 Å². The van der Waals surface area contributed by atoms with Gasteiger partial charge in [-0.15, -0.1) is 0 Å². The summed E-state index contributed by atoms with van der Waals surface area (Å²) in [6.45, 7) is 8.26. The van der Waals surface area contributed by atoms with E-state index in [0.29, 0.717) is 6.61 Å². The van der Waals surface area contributed by atoms with Gasteiger partial charge >= 0.3 is 6.09 Å². The van der Waals surface area contributed by atoms with Crippen LogP contribution in [0.3, 0.4) is 0 Å². The van der Waals surface area contributed by atoms with Gasteiger partial charge in [0.25, 0.3) is 0 Å². The van der Waals surface area contributed by atoms with Crippen LogP contribution in [0.1, 0.15) is 40.0 Å².